The summed E-state index contributed by atoms with van der Waals surface area (Å²) in [4.78, 5) is 0. The van der Waals surface area contributed by atoms with Crippen molar-refractivity contribution >= 4 is 17.2 Å². The van der Waals surface area contributed by atoms with E-state index in [0.29, 0.717) is 0 Å². The van der Waals surface area contributed by atoms with E-state index in [2.05, 4.69) is 109 Å². The Kier molecular flexibility index (Phi) is 4.02. The van der Waals surface area contributed by atoms with E-state index in [1.54, 1.807) is 0 Å². The van der Waals surface area contributed by atoms with Crippen molar-refractivity contribution in [3.8, 4) is 11.1 Å². The Hall–Kier alpha value is -3.64. The maximum Gasteiger partial charge on any atom is -0.00135 e. The molecule has 4 aromatic rings. The number of allylic oxidation sites excluding steroid dienone is 2. The number of hydrogen-bond donors (Lipinski definition) is 0. The summed E-state index contributed by atoms with van der Waals surface area (Å²) in [5, 5.41) is 0. The molecule has 0 heteroatoms. The van der Waals surface area contributed by atoms with Crippen LogP contribution in [-0.2, 0) is 12.8 Å². The zero-order valence-electron chi connectivity index (χ0n) is 16.8. The quantitative estimate of drug-likeness (QED) is 0.345. The molecule has 4 aromatic carbocycles. The van der Waals surface area contributed by atoms with Crippen LogP contribution in [0.15, 0.2) is 103 Å². The maximum atomic E-state index is 2.39. The molecule has 6 rings (SSSR count). The Morgan fingerprint density at radius 1 is 0.467 bits per heavy atom. The average molecular weight is 383 g/mol. The van der Waals surface area contributed by atoms with Gasteiger partial charge in [0.25, 0.3) is 0 Å². The fourth-order valence-corrected chi connectivity index (χ4v) is 4.94. The highest BCUT2D eigenvalue weighted by molar-refractivity contribution is 5.98. The summed E-state index contributed by atoms with van der Waals surface area (Å²) in [6, 6.07) is 35.3. The molecule has 0 heterocycles. The van der Waals surface area contributed by atoms with E-state index in [1.807, 2.05) is 0 Å². The molecule has 2 aliphatic rings. The van der Waals surface area contributed by atoms with E-state index in [0.717, 1.165) is 12.8 Å². The molecule has 0 bridgehead atoms. The Morgan fingerprint density at radius 3 is 1.80 bits per heavy atom. The molecule has 0 saturated heterocycles. The van der Waals surface area contributed by atoms with Gasteiger partial charge in [-0.2, -0.15) is 0 Å². The topological polar surface area (TPSA) is 0 Å². The van der Waals surface area contributed by atoms with Gasteiger partial charge < -0.3 is 0 Å². The molecule has 0 aliphatic heterocycles. The van der Waals surface area contributed by atoms with Crippen LogP contribution in [0, 0.1) is 0 Å². The zero-order chi connectivity index (χ0) is 19.9. The molecular formula is C30H22. The average Bonchev–Trinajstić information content (AvgIpc) is 3.43. The monoisotopic (exact) mass is 382 g/mol. The highest BCUT2D eigenvalue weighted by Crippen LogP contribution is 2.41. The van der Waals surface area contributed by atoms with Gasteiger partial charge in [-0.25, -0.2) is 0 Å². The Bertz CT molecular complexity index is 1330. The van der Waals surface area contributed by atoms with Crippen molar-refractivity contribution in [3.63, 3.8) is 0 Å². The lowest BCUT2D eigenvalue weighted by Gasteiger charge is -2.16. The number of fused-ring (bicyclic) bond motifs is 2. The van der Waals surface area contributed by atoms with Gasteiger partial charge in [-0.3, -0.25) is 0 Å². The van der Waals surface area contributed by atoms with Gasteiger partial charge in [-0.15, -0.1) is 0 Å². The minimum absolute atomic E-state index is 1.00. The summed E-state index contributed by atoms with van der Waals surface area (Å²) >= 11 is 0. The summed E-state index contributed by atoms with van der Waals surface area (Å²) in [5.41, 5.74) is 13.6. The minimum Gasteiger partial charge on any atom is -0.0716 e. The van der Waals surface area contributed by atoms with Gasteiger partial charge in [0.1, 0.15) is 0 Å². The number of rotatable bonds is 3. The molecule has 0 N–H and O–H groups in total. The second-order valence-corrected chi connectivity index (χ2v) is 8.12. The molecule has 0 aromatic heterocycles. The Labute approximate surface area is 177 Å². The van der Waals surface area contributed by atoms with E-state index in [1.165, 1.54) is 55.7 Å². The molecule has 0 unspecified atom stereocenters. The Morgan fingerprint density at radius 2 is 1.03 bits per heavy atom. The molecule has 0 atom stereocenters. The van der Waals surface area contributed by atoms with Crippen molar-refractivity contribution in [2.75, 3.05) is 0 Å². The van der Waals surface area contributed by atoms with Crippen LogP contribution < -0.4 is 0 Å². The van der Waals surface area contributed by atoms with Crippen LogP contribution in [-0.4, -0.2) is 0 Å². The van der Waals surface area contributed by atoms with Crippen molar-refractivity contribution in [2.45, 2.75) is 12.8 Å². The van der Waals surface area contributed by atoms with E-state index >= 15 is 0 Å². The first-order chi connectivity index (χ1) is 14.9. The lowest BCUT2D eigenvalue weighted by Crippen LogP contribution is -1.95. The summed E-state index contributed by atoms with van der Waals surface area (Å²) in [5.74, 6) is 0. The highest BCUT2D eigenvalue weighted by atomic mass is 14.2. The first kappa shape index (κ1) is 17.2. The van der Waals surface area contributed by atoms with Gasteiger partial charge in [0.15, 0.2) is 0 Å². The van der Waals surface area contributed by atoms with Gasteiger partial charge in [-0.1, -0.05) is 109 Å². The second kappa shape index (κ2) is 7.00. The van der Waals surface area contributed by atoms with Crippen molar-refractivity contribution in [3.05, 3.63) is 137 Å². The predicted molar refractivity (Wildman–Crippen MR) is 127 cm³/mol. The Balaban J connectivity index is 1.49. The smallest absolute Gasteiger partial charge is 0.00135 e. The molecule has 2 aliphatic carbocycles. The lowest BCUT2D eigenvalue weighted by molar-refractivity contribution is 1.31. The van der Waals surface area contributed by atoms with Gasteiger partial charge in [0.05, 0.1) is 0 Å². The molecule has 142 valence electrons. The second-order valence-electron chi connectivity index (χ2n) is 8.12. The van der Waals surface area contributed by atoms with Crippen LogP contribution in [0.2, 0.25) is 0 Å². The lowest BCUT2D eigenvalue weighted by atomic mass is 9.87. The van der Waals surface area contributed by atoms with Gasteiger partial charge in [0.2, 0.25) is 0 Å². The first-order valence-corrected chi connectivity index (χ1v) is 10.6. The van der Waals surface area contributed by atoms with Crippen molar-refractivity contribution in [1.29, 1.82) is 0 Å². The largest absolute Gasteiger partial charge is 0.0716 e. The molecule has 0 amide bonds. The van der Waals surface area contributed by atoms with Crippen LogP contribution >= 0.6 is 0 Å². The normalized spacial score (nSPS) is 14.1. The summed E-state index contributed by atoms with van der Waals surface area (Å²) in [6.07, 6.45) is 6.76. The summed E-state index contributed by atoms with van der Waals surface area (Å²) in [7, 11) is 0. The molecule has 30 heavy (non-hydrogen) atoms. The molecular weight excluding hydrogens is 360 g/mol. The maximum absolute atomic E-state index is 2.39. The van der Waals surface area contributed by atoms with Gasteiger partial charge >= 0.3 is 0 Å². The first-order valence-electron chi connectivity index (χ1n) is 10.6. The van der Waals surface area contributed by atoms with Crippen LogP contribution in [0.25, 0.3) is 28.3 Å². The van der Waals surface area contributed by atoms with Crippen LogP contribution in [0.4, 0.5) is 0 Å². The van der Waals surface area contributed by atoms with Crippen LogP contribution in [0.5, 0.6) is 0 Å². The fraction of sp³-hybridized carbons (Fsp3) is 0.0667. The third-order valence-corrected chi connectivity index (χ3v) is 6.38. The summed E-state index contributed by atoms with van der Waals surface area (Å²) in [6.45, 7) is 0. The number of hydrogen-bond acceptors (Lipinski definition) is 0. The highest BCUT2D eigenvalue weighted by Gasteiger charge is 2.21. The van der Waals surface area contributed by atoms with E-state index < -0.39 is 0 Å². The van der Waals surface area contributed by atoms with Crippen molar-refractivity contribution in [1.82, 2.24) is 0 Å². The molecule has 0 nitrogen and oxygen atoms in total. The minimum atomic E-state index is 1.00. The predicted octanol–water partition coefficient (Wildman–Crippen LogP) is 7.44. The number of benzene rings is 4. The van der Waals surface area contributed by atoms with E-state index in [9.17, 15) is 0 Å². The van der Waals surface area contributed by atoms with Gasteiger partial charge in [-0.05, 0) is 68.5 Å². The SMILES string of the molecule is C1=C(c2ccccc2-c2ccccc2C2=CCc3ccccc32)Cc2ccccc21. The summed E-state index contributed by atoms with van der Waals surface area (Å²) < 4.78 is 0. The van der Waals surface area contributed by atoms with E-state index in [-0.39, 0.29) is 0 Å². The molecule has 0 fully saturated rings. The zero-order valence-corrected chi connectivity index (χ0v) is 16.8. The van der Waals surface area contributed by atoms with Crippen LogP contribution in [0.1, 0.15) is 33.4 Å². The molecule has 0 spiro atoms. The van der Waals surface area contributed by atoms with E-state index in [4.69, 9.17) is 0 Å². The third kappa shape index (κ3) is 2.76. The van der Waals surface area contributed by atoms with Crippen molar-refractivity contribution in [2.24, 2.45) is 0 Å². The van der Waals surface area contributed by atoms with Crippen molar-refractivity contribution < 1.29 is 0 Å². The molecule has 0 radical (unpaired) electrons. The molecule has 0 saturated carbocycles. The van der Waals surface area contributed by atoms with Crippen LogP contribution in [0.3, 0.4) is 0 Å². The van der Waals surface area contributed by atoms with Gasteiger partial charge in [0, 0.05) is 0 Å². The standard InChI is InChI=1S/C30H22/c1-2-11-23-20-24(19-22(23)10-1)26-13-5-6-14-27(26)28-15-7-8-16-29(28)30-18-17-21-9-3-4-12-25(21)30/h1-16,18-19H,17,20H2. The fourth-order valence-electron chi connectivity index (χ4n) is 4.94. The third-order valence-electron chi connectivity index (χ3n) is 6.38.